The predicted octanol–water partition coefficient (Wildman–Crippen LogP) is 4.94. The average Bonchev–Trinajstić information content (AvgIpc) is 3.22. The predicted molar refractivity (Wildman–Crippen MR) is 110 cm³/mol. The van der Waals surface area contributed by atoms with Crippen LogP contribution in [0.1, 0.15) is 36.4 Å². The molecule has 0 spiro atoms. The monoisotopic (exact) mass is 381 g/mol. The Balaban J connectivity index is 1.76. The molecule has 0 fully saturated rings. The van der Waals surface area contributed by atoms with Crippen LogP contribution in [0.25, 0.3) is 0 Å². The summed E-state index contributed by atoms with van der Waals surface area (Å²) < 4.78 is 22.3. The molecule has 1 heterocycles. The molecule has 28 heavy (non-hydrogen) atoms. The van der Waals surface area contributed by atoms with Crippen molar-refractivity contribution >= 4 is 5.69 Å². The van der Waals surface area contributed by atoms with Gasteiger partial charge in [0.25, 0.3) is 0 Å². The zero-order valence-electron chi connectivity index (χ0n) is 16.8. The fourth-order valence-corrected chi connectivity index (χ4v) is 4.44. The minimum Gasteiger partial charge on any atom is -0.494 e. The van der Waals surface area contributed by atoms with Gasteiger partial charge in [0, 0.05) is 11.6 Å². The Hall–Kier alpha value is -2.82. The Morgan fingerprint density at radius 2 is 1.75 bits per heavy atom. The molecule has 3 atom stereocenters. The van der Waals surface area contributed by atoms with Crippen LogP contribution in [0.5, 0.6) is 23.0 Å². The number of ether oxygens (including phenoxy) is 4. The fraction of sp³-hybridized carbons (Fsp3) is 0.391. The van der Waals surface area contributed by atoms with Crippen molar-refractivity contribution in [3.05, 3.63) is 53.6 Å². The molecule has 1 aliphatic carbocycles. The number of anilines is 1. The summed E-state index contributed by atoms with van der Waals surface area (Å²) in [7, 11) is 4.93. The second kappa shape index (κ2) is 7.66. The van der Waals surface area contributed by atoms with E-state index in [2.05, 4.69) is 29.6 Å². The molecule has 2 aromatic carbocycles. The molecule has 0 radical (unpaired) electrons. The number of rotatable bonds is 6. The van der Waals surface area contributed by atoms with Crippen molar-refractivity contribution in [1.29, 1.82) is 0 Å². The van der Waals surface area contributed by atoms with Gasteiger partial charge in [-0.05, 0) is 60.7 Å². The topological polar surface area (TPSA) is 49.0 Å². The van der Waals surface area contributed by atoms with E-state index >= 15 is 0 Å². The van der Waals surface area contributed by atoms with Crippen molar-refractivity contribution in [3.63, 3.8) is 0 Å². The van der Waals surface area contributed by atoms with Crippen LogP contribution in [0.15, 0.2) is 42.5 Å². The first-order valence-electron chi connectivity index (χ1n) is 9.70. The fourth-order valence-electron chi connectivity index (χ4n) is 4.44. The van der Waals surface area contributed by atoms with Crippen LogP contribution in [0.2, 0.25) is 0 Å². The first kappa shape index (κ1) is 18.5. The molecule has 1 N–H and O–H groups in total. The van der Waals surface area contributed by atoms with Gasteiger partial charge in [-0.2, -0.15) is 0 Å². The van der Waals surface area contributed by atoms with Crippen LogP contribution in [0.3, 0.4) is 0 Å². The second-order valence-electron chi connectivity index (χ2n) is 7.12. The van der Waals surface area contributed by atoms with Crippen molar-refractivity contribution in [1.82, 2.24) is 0 Å². The van der Waals surface area contributed by atoms with Crippen LogP contribution >= 0.6 is 0 Å². The standard InChI is InChI=1S/C23H27NO4/c1-5-28-15-9-10-19-18(13-15)16-7-6-8-17(16)22(24-19)14-11-20(25-2)23(27-4)21(12-14)26-3/h6-7,9-13,16-17,22,24H,5,8H2,1-4H3. The zero-order chi connectivity index (χ0) is 19.7. The van der Waals surface area contributed by atoms with E-state index in [1.54, 1.807) is 21.3 Å². The van der Waals surface area contributed by atoms with Gasteiger partial charge in [0.05, 0.1) is 34.0 Å². The summed E-state index contributed by atoms with van der Waals surface area (Å²) >= 11 is 0. The van der Waals surface area contributed by atoms with Gasteiger partial charge in [-0.15, -0.1) is 0 Å². The van der Waals surface area contributed by atoms with Crippen LogP contribution in [-0.4, -0.2) is 27.9 Å². The molecule has 0 aromatic heterocycles. The van der Waals surface area contributed by atoms with E-state index in [0.717, 1.165) is 23.4 Å². The van der Waals surface area contributed by atoms with Crippen molar-refractivity contribution < 1.29 is 18.9 Å². The molecule has 2 aliphatic rings. The minimum absolute atomic E-state index is 0.152. The number of hydrogen-bond acceptors (Lipinski definition) is 5. The van der Waals surface area contributed by atoms with E-state index in [4.69, 9.17) is 18.9 Å². The molecule has 0 bridgehead atoms. The lowest BCUT2D eigenvalue weighted by atomic mass is 9.77. The van der Waals surface area contributed by atoms with Gasteiger partial charge in [0.1, 0.15) is 5.75 Å². The number of fused-ring (bicyclic) bond motifs is 3. The Morgan fingerprint density at radius 1 is 1.00 bits per heavy atom. The highest BCUT2D eigenvalue weighted by molar-refractivity contribution is 5.63. The summed E-state index contributed by atoms with van der Waals surface area (Å²) in [6, 6.07) is 10.6. The van der Waals surface area contributed by atoms with Gasteiger partial charge in [-0.1, -0.05) is 12.2 Å². The van der Waals surface area contributed by atoms with Gasteiger partial charge in [-0.25, -0.2) is 0 Å². The molecule has 0 amide bonds. The van der Waals surface area contributed by atoms with Crippen molar-refractivity contribution in [2.75, 3.05) is 33.3 Å². The van der Waals surface area contributed by atoms with E-state index in [1.165, 1.54) is 5.56 Å². The molecule has 4 rings (SSSR count). The lowest BCUT2D eigenvalue weighted by molar-refractivity contribution is 0.322. The third kappa shape index (κ3) is 3.05. The zero-order valence-corrected chi connectivity index (χ0v) is 16.8. The lowest BCUT2D eigenvalue weighted by Gasteiger charge is -2.38. The van der Waals surface area contributed by atoms with E-state index in [9.17, 15) is 0 Å². The maximum atomic E-state index is 5.72. The van der Waals surface area contributed by atoms with Crippen LogP contribution in [-0.2, 0) is 0 Å². The van der Waals surface area contributed by atoms with Crippen LogP contribution in [0.4, 0.5) is 5.69 Å². The lowest BCUT2D eigenvalue weighted by Crippen LogP contribution is -2.29. The van der Waals surface area contributed by atoms with E-state index < -0.39 is 0 Å². The molecular weight excluding hydrogens is 354 g/mol. The average molecular weight is 381 g/mol. The van der Waals surface area contributed by atoms with Gasteiger partial charge in [0.2, 0.25) is 5.75 Å². The molecule has 0 saturated carbocycles. The largest absolute Gasteiger partial charge is 0.494 e. The van der Waals surface area contributed by atoms with E-state index in [-0.39, 0.29) is 6.04 Å². The van der Waals surface area contributed by atoms with Crippen molar-refractivity contribution in [3.8, 4) is 23.0 Å². The molecule has 1 aliphatic heterocycles. The molecule has 0 saturated heterocycles. The number of benzene rings is 2. The highest BCUT2D eigenvalue weighted by Gasteiger charge is 2.38. The minimum atomic E-state index is 0.152. The molecular formula is C23H27NO4. The van der Waals surface area contributed by atoms with E-state index in [1.807, 2.05) is 25.1 Å². The van der Waals surface area contributed by atoms with Crippen LogP contribution in [0, 0.1) is 5.92 Å². The van der Waals surface area contributed by atoms with Crippen LogP contribution < -0.4 is 24.3 Å². The Labute approximate surface area is 166 Å². The molecule has 2 aromatic rings. The van der Waals surface area contributed by atoms with Gasteiger partial charge in [-0.3, -0.25) is 0 Å². The SMILES string of the molecule is CCOc1ccc2c(c1)C1C=CCC1C(c1cc(OC)c(OC)c(OC)c1)N2. The summed E-state index contributed by atoms with van der Waals surface area (Å²) in [6.45, 7) is 2.68. The quantitative estimate of drug-likeness (QED) is 0.719. The van der Waals surface area contributed by atoms with Gasteiger partial charge in [0.15, 0.2) is 11.5 Å². The highest BCUT2D eigenvalue weighted by atomic mass is 16.5. The Bertz CT molecular complexity index is 867. The second-order valence-corrected chi connectivity index (χ2v) is 7.12. The molecule has 5 heteroatoms. The number of methoxy groups -OCH3 is 3. The summed E-state index contributed by atoms with van der Waals surface area (Å²) in [6.07, 6.45) is 5.63. The summed E-state index contributed by atoms with van der Waals surface area (Å²) in [5.41, 5.74) is 3.58. The molecule has 3 unspecified atom stereocenters. The van der Waals surface area contributed by atoms with Gasteiger partial charge >= 0.3 is 0 Å². The Kier molecular flexibility index (Phi) is 5.07. The maximum absolute atomic E-state index is 5.72. The third-order valence-electron chi connectivity index (χ3n) is 5.69. The third-order valence-corrected chi connectivity index (χ3v) is 5.69. The first-order valence-corrected chi connectivity index (χ1v) is 9.70. The first-order chi connectivity index (χ1) is 13.7. The van der Waals surface area contributed by atoms with E-state index in [0.29, 0.717) is 35.7 Å². The molecule has 5 nitrogen and oxygen atoms in total. The summed E-state index contributed by atoms with van der Waals surface area (Å²) in [4.78, 5) is 0. The smallest absolute Gasteiger partial charge is 0.203 e. The number of hydrogen-bond donors (Lipinski definition) is 1. The number of nitrogens with one attached hydrogen (secondary N) is 1. The summed E-state index contributed by atoms with van der Waals surface area (Å²) in [5.74, 6) is 3.69. The highest BCUT2D eigenvalue weighted by Crippen LogP contribution is 2.52. The Morgan fingerprint density at radius 3 is 2.39 bits per heavy atom. The van der Waals surface area contributed by atoms with Crippen molar-refractivity contribution in [2.24, 2.45) is 5.92 Å². The van der Waals surface area contributed by atoms with Crippen molar-refractivity contribution in [2.45, 2.75) is 25.3 Å². The molecule has 148 valence electrons. The van der Waals surface area contributed by atoms with Gasteiger partial charge < -0.3 is 24.3 Å². The normalized spacial score (nSPS) is 22.1. The number of allylic oxidation sites excluding steroid dienone is 2. The maximum Gasteiger partial charge on any atom is 0.203 e. The summed E-state index contributed by atoms with van der Waals surface area (Å²) in [5, 5.41) is 3.75.